The summed E-state index contributed by atoms with van der Waals surface area (Å²) in [5.41, 5.74) is 3.68. The maximum atomic E-state index is 12.1. The molecular formula is C26H35ClO2. The van der Waals surface area contributed by atoms with Gasteiger partial charge in [-0.15, -0.1) is 11.6 Å². The average molecular weight is 415 g/mol. The van der Waals surface area contributed by atoms with Crippen molar-refractivity contribution in [3.8, 4) is 16.9 Å². The Kier molecular flexibility index (Phi) is 10.3. The van der Waals surface area contributed by atoms with Crippen molar-refractivity contribution in [1.82, 2.24) is 0 Å². The van der Waals surface area contributed by atoms with E-state index in [9.17, 15) is 4.79 Å². The number of rotatable bonds is 12. The second kappa shape index (κ2) is 12.7. The molecule has 0 aliphatic carbocycles. The molecule has 0 unspecified atom stereocenters. The number of hydrogen-bond donors (Lipinski definition) is 0. The molecule has 0 saturated carbocycles. The van der Waals surface area contributed by atoms with E-state index in [-0.39, 0.29) is 11.9 Å². The maximum Gasteiger partial charge on any atom is 0.329 e. The first-order valence-corrected chi connectivity index (χ1v) is 11.5. The van der Waals surface area contributed by atoms with Gasteiger partial charge in [0.15, 0.2) is 0 Å². The highest BCUT2D eigenvalue weighted by molar-refractivity contribution is 6.30. The summed E-state index contributed by atoms with van der Waals surface area (Å²) in [4.78, 5) is 12.1. The molecule has 0 spiro atoms. The van der Waals surface area contributed by atoms with Crippen LogP contribution in [-0.4, -0.2) is 11.3 Å². The van der Waals surface area contributed by atoms with Crippen LogP contribution in [0.1, 0.15) is 71.3 Å². The monoisotopic (exact) mass is 414 g/mol. The number of benzene rings is 2. The number of hydrogen-bond acceptors (Lipinski definition) is 2. The van der Waals surface area contributed by atoms with Crippen LogP contribution in [0.5, 0.6) is 5.75 Å². The summed E-state index contributed by atoms with van der Waals surface area (Å²) in [6.07, 6.45) is 9.96. The molecule has 0 aromatic heterocycles. The third-order valence-corrected chi connectivity index (χ3v) is 6.16. The van der Waals surface area contributed by atoms with Gasteiger partial charge >= 0.3 is 5.97 Å². The summed E-state index contributed by atoms with van der Waals surface area (Å²) in [6.45, 7) is 6.23. The Hall–Kier alpha value is -1.80. The van der Waals surface area contributed by atoms with E-state index < -0.39 is 5.38 Å². The van der Waals surface area contributed by atoms with E-state index in [2.05, 4.69) is 31.2 Å². The van der Waals surface area contributed by atoms with E-state index in [1.807, 2.05) is 38.1 Å². The molecule has 0 bridgehead atoms. The van der Waals surface area contributed by atoms with Crippen molar-refractivity contribution in [2.45, 2.75) is 77.5 Å². The summed E-state index contributed by atoms with van der Waals surface area (Å²) in [7, 11) is 0. The molecule has 29 heavy (non-hydrogen) atoms. The number of unbranched alkanes of at least 4 members (excludes halogenated alkanes) is 5. The van der Waals surface area contributed by atoms with Gasteiger partial charge < -0.3 is 4.74 Å². The van der Waals surface area contributed by atoms with Crippen LogP contribution in [0.15, 0.2) is 48.5 Å². The standard InChI is InChI=1S/C26H35ClO2/c1-4-6-7-8-9-10-11-21-12-14-22(15-13-21)23-16-18-24(19-17-23)29-26(28)25(27)20(3)5-2/h12-20,25H,4-11H2,1-3H3/t20-,25-/m0/s1. The van der Waals surface area contributed by atoms with Crippen LogP contribution in [0.4, 0.5) is 0 Å². The molecule has 0 amide bonds. The highest BCUT2D eigenvalue weighted by atomic mass is 35.5. The molecule has 2 aromatic carbocycles. The van der Waals surface area contributed by atoms with Crippen LogP contribution < -0.4 is 4.74 Å². The van der Waals surface area contributed by atoms with Crippen LogP contribution in [0.3, 0.4) is 0 Å². The van der Waals surface area contributed by atoms with Crippen molar-refractivity contribution < 1.29 is 9.53 Å². The number of halogens is 1. The predicted octanol–water partition coefficient (Wildman–Crippen LogP) is 7.82. The zero-order valence-electron chi connectivity index (χ0n) is 18.1. The highest BCUT2D eigenvalue weighted by Crippen LogP contribution is 2.24. The summed E-state index contributed by atoms with van der Waals surface area (Å²) in [5, 5.41) is -0.612. The van der Waals surface area contributed by atoms with Crippen LogP contribution in [-0.2, 0) is 11.2 Å². The fourth-order valence-electron chi connectivity index (χ4n) is 3.30. The second-order valence-electron chi connectivity index (χ2n) is 7.95. The largest absolute Gasteiger partial charge is 0.425 e. The van der Waals surface area contributed by atoms with Gasteiger partial charge in [0.25, 0.3) is 0 Å². The van der Waals surface area contributed by atoms with Gasteiger partial charge in [-0.2, -0.15) is 0 Å². The van der Waals surface area contributed by atoms with Gasteiger partial charge in [0.05, 0.1) is 0 Å². The summed E-state index contributed by atoms with van der Waals surface area (Å²) in [6, 6.07) is 16.4. The van der Waals surface area contributed by atoms with Crippen molar-refractivity contribution in [2.75, 3.05) is 0 Å². The molecule has 2 rings (SSSR count). The quantitative estimate of drug-likeness (QED) is 0.153. The van der Waals surface area contributed by atoms with Gasteiger partial charge in [0.2, 0.25) is 0 Å². The average Bonchev–Trinajstić information content (AvgIpc) is 2.76. The van der Waals surface area contributed by atoms with E-state index >= 15 is 0 Å². The molecule has 158 valence electrons. The van der Waals surface area contributed by atoms with Crippen LogP contribution in [0.25, 0.3) is 11.1 Å². The molecule has 0 fully saturated rings. The van der Waals surface area contributed by atoms with Crippen LogP contribution in [0.2, 0.25) is 0 Å². The van der Waals surface area contributed by atoms with Crippen molar-refractivity contribution in [3.05, 3.63) is 54.1 Å². The van der Waals surface area contributed by atoms with E-state index in [1.54, 1.807) is 0 Å². The third-order valence-electron chi connectivity index (χ3n) is 5.55. The number of aryl methyl sites for hydroxylation is 1. The van der Waals surface area contributed by atoms with E-state index in [4.69, 9.17) is 16.3 Å². The van der Waals surface area contributed by atoms with Crippen LogP contribution >= 0.6 is 11.6 Å². The van der Waals surface area contributed by atoms with Gasteiger partial charge in [0, 0.05) is 0 Å². The Bertz CT molecular complexity index is 721. The first kappa shape index (κ1) is 23.5. The third kappa shape index (κ3) is 7.85. The molecule has 2 nitrogen and oxygen atoms in total. The topological polar surface area (TPSA) is 26.3 Å². The number of ether oxygens (including phenoxy) is 1. The summed E-state index contributed by atoms with van der Waals surface area (Å²) >= 11 is 6.17. The summed E-state index contributed by atoms with van der Waals surface area (Å²) in [5.74, 6) is 0.249. The normalized spacial score (nSPS) is 13.1. The van der Waals surface area contributed by atoms with Crippen molar-refractivity contribution in [3.63, 3.8) is 0 Å². The van der Waals surface area contributed by atoms with Crippen molar-refractivity contribution in [2.24, 2.45) is 5.92 Å². The Balaban J connectivity index is 1.85. The molecule has 0 saturated heterocycles. The Morgan fingerprint density at radius 3 is 2.00 bits per heavy atom. The Labute approximate surface area is 181 Å². The molecule has 2 atom stereocenters. The molecule has 0 heterocycles. The molecule has 3 heteroatoms. The zero-order chi connectivity index (χ0) is 21.1. The fourth-order valence-corrected chi connectivity index (χ4v) is 3.52. The van der Waals surface area contributed by atoms with Crippen LogP contribution in [0, 0.1) is 5.92 Å². The molecule has 0 aliphatic rings. The molecule has 2 aromatic rings. The Morgan fingerprint density at radius 1 is 0.862 bits per heavy atom. The van der Waals surface area contributed by atoms with E-state index in [0.717, 1.165) is 18.4 Å². The smallest absolute Gasteiger partial charge is 0.329 e. The first-order valence-electron chi connectivity index (χ1n) is 11.1. The molecule has 0 aliphatic heterocycles. The second-order valence-corrected chi connectivity index (χ2v) is 8.42. The molecular weight excluding hydrogens is 380 g/mol. The summed E-state index contributed by atoms with van der Waals surface area (Å²) < 4.78 is 5.42. The van der Waals surface area contributed by atoms with Crippen molar-refractivity contribution >= 4 is 17.6 Å². The van der Waals surface area contributed by atoms with Gasteiger partial charge in [0.1, 0.15) is 11.1 Å². The van der Waals surface area contributed by atoms with E-state index in [0.29, 0.717) is 5.75 Å². The highest BCUT2D eigenvalue weighted by Gasteiger charge is 2.23. The predicted molar refractivity (Wildman–Crippen MR) is 124 cm³/mol. The Morgan fingerprint density at radius 2 is 1.41 bits per heavy atom. The molecule has 0 radical (unpaired) electrons. The number of carbonyl (C=O) groups is 1. The minimum Gasteiger partial charge on any atom is -0.425 e. The lowest BCUT2D eigenvalue weighted by molar-refractivity contribution is -0.134. The first-order chi connectivity index (χ1) is 14.0. The minimum atomic E-state index is -0.612. The van der Waals surface area contributed by atoms with Gasteiger partial charge in [-0.1, -0.05) is 95.7 Å². The molecule has 0 N–H and O–H groups in total. The minimum absolute atomic E-state index is 0.0956. The lowest BCUT2D eigenvalue weighted by Crippen LogP contribution is -2.26. The fraction of sp³-hybridized carbons (Fsp3) is 0.500. The number of carbonyl (C=O) groups excluding carboxylic acids is 1. The maximum absolute atomic E-state index is 12.1. The number of esters is 1. The van der Waals surface area contributed by atoms with Gasteiger partial charge in [-0.3, -0.25) is 4.79 Å². The van der Waals surface area contributed by atoms with Gasteiger partial charge in [-0.05, 0) is 47.6 Å². The van der Waals surface area contributed by atoms with E-state index in [1.165, 1.54) is 49.7 Å². The lowest BCUT2D eigenvalue weighted by atomic mass is 10.0. The number of alkyl halides is 1. The van der Waals surface area contributed by atoms with Gasteiger partial charge in [-0.25, -0.2) is 0 Å². The van der Waals surface area contributed by atoms with Crippen molar-refractivity contribution in [1.29, 1.82) is 0 Å². The SMILES string of the molecule is CCCCCCCCc1ccc(-c2ccc(OC(=O)[C@@H](Cl)[C@@H](C)CC)cc2)cc1. The lowest BCUT2D eigenvalue weighted by Gasteiger charge is -2.15. The zero-order valence-corrected chi connectivity index (χ0v) is 18.9.